The number of aromatic nitrogens is 3. The Bertz CT molecular complexity index is 2180. The first-order valence-corrected chi connectivity index (χ1v) is 13.9. The Kier molecular flexibility index (Phi) is 5.46. The van der Waals surface area contributed by atoms with Crippen LogP contribution in [0.5, 0.6) is 0 Å². The molecule has 41 heavy (non-hydrogen) atoms. The SMILES string of the molecule is c1ccc(-c2nc3cccc(-c4ccc(-c5cccc6c5[nH]c5ccccc56)cc4)c3nc2-c2ccccc2)cc1. The highest BCUT2D eigenvalue weighted by atomic mass is 14.8. The average molecular weight is 524 g/mol. The Hall–Kier alpha value is -5.54. The van der Waals surface area contributed by atoms with Gasteiger partial charge < -0.3 is 4.98 Å². The summed E-state index contributed by atoms with van der Waals surface area (Å²) in [6, 6.07) is 50.7. The fourth-order valence-corrected chi connectivity index (χ4v) is 5.85. The van der Waals surface area contributed by atoms with Gasteiger partial charge in [-0.15, -0.1) is 0 Å². The van der Waals surface area contributed by atoms with Crippen molar-refractivity contribution in [2.75, 3.05) is 0 Å². The maximum Gasteiger partial charge on any atom is 0.0973 e. The molecule has 0 aliphatic rings. The average Bonchev–Trinajstić information content (AvgIpc) is 3.44. The Balaban J connectivity index is 1.27. The monoisotopic (exact) mass is 523 g/mol. The maximum absolute atomic E-state index is 5.28. The van der Waals surface area contributed by atoms with Gasteiger partial charge in [-0.25, -0.2) is 9.97 Å². The lowest BCUT2D eigenvalue weighted by Gasteiger charge is -2.13. The summed E-state index contributed by atoms with van der Waals surface area (Å²) in [6.45, 7) is 0. The van der Waals surface area contributed by atoms with E-state index in [1.165, 1.54) is 27.4 Å². The van der Waals surface area contributed by atoms with E-state index in [0.29, 0.717) is 0 Å². The van der Waals surface area contributed by atoms with Crippen LogP contribution in [-0.2, 0) is 0 Å². The highest BCUT2D eigenvalue weighted by Crippen LogP contribution is 2.37. The molecule has 192 valence electrons. The Morgan fingerprint density at radius 1 is 0.390 bits per heavy atom. The van der Waals surface area contributed by atoms with E-state index in [4.69, 9.17) is 9.97 Å². The van der Waals surface area contributed by atoms with Crippen LogP contribution in [-0.4, -0.2) is 15.0 Å². The van der Waals surface area contributed by atoms with Gasteiger partial charge in [0, 0.05) is 38.5 Å². The summed E-state index contributed by atoms with van der Waals surface area (Å²) in [4.78, 5) is 14.1. The molecule has 8 rings (SSSR count). The normalized spacial score (nSPS) is 11.4. The summed E-state index contributed by atoms with van der Waals surface area (Å²) in [7, 11) is 0. The third-order valence-electron chi connectivity index (χ3n) is 7.84. The lowest BCUT2D eigenvalue weighted by Crippen LogP contribution is -1.97. The topological polar surface area (TPSA) is 41.6 Å². The summed E-state index contributed by atoms with van der Waals surface area (Å²) in [6.07, 6.45) is 0. The lowest BCUT2D eigenvalue weighted by atomic mass is 9.97. The quantitative estimate of drug-likeness (QED) is 0.249. The minimum atomic E-state index is 0.882. The molecule has 6 aromatic carbocycles. The molecule has 0 radical (unpaired) electrons. The Morgan fingerprint density at radius 2 is 0.951 bits per heavy atom. The molecule has 0 saturated heterocycles. The van der Waals surface area contributed by atoms with E-state index in [9.17, 15) is 0 Å². The van der Waals surface area contributed by atoms with E-state index in [-0.39, 0.29) is 0 Å². The van der Waals surface area contributed by atoms with Gasteiger partial charge in [-0.05, 0) is 23.3 Å². The number of hydrogen-bond donors (Lipinski definition) is 1. The van der Waals surface area contributed by atoms with Crippen LogP contribution in [0.4, 0.5) is 0 Å². The van der Waals surface area contributed by atoms with Crippen LogP contribution in [0.2, 0.25) is 0 Å². The van der Waals surface area contributed by atoms with Gasteiger partial charge in [0.05, 0.1) is 27.9 Å². The van der Waals surface area contributed by atoms with Gasteiger partial charge in [-0.3, -0.25) is 0 Å². The van der Waals surface area contributed by atoms with Gasteiger partial charge in [0.25, 0.3) is 0 Å². The first kappa shape index (κ1) is 23.4. The number of rotatable bonds is 4. The fraction of sp³-hybridized carbons (Fsp3) is 0. The second-order valence-electron chi connectivity index (χ2n) is 10.3. The summed E-state index contributed by atoms with van der Waals surface area (Å²) in [5, 5.41) is 2.49. The van der Waals surface area contributed by atoms with Crippen molar-refractivity contribution < 1.29 is 0 Å². The molecule has 0 aliphatic heterocycles. The zero-order valence-corrected chi connectivity index (χ0v) is 22.3. The molecule has 0 spiro atoms. The number of fused-ring (bicyclic) bond motifs is 4. The smallest absolute Gasteiger partial charge is 0.0973 e. The second kappa shape index (κ2) is 9.58. The third-order valence-corrected chi connectivity index (χ3v) is 7.84. The summed E-state index contributed by atoms with van der Waals surface area (Å²) >= 11 is 0. The van der Waals surface area contributed by atoms with Crippen molar-refractivity contribution in [1.29, 1.82) is 0 Å². The highest BCUT2D eigenvalue weighted by molar-refractivity contribution is 6.11. The number of benzene rings is 6. The van der Waals surface area contributed by atoms with Gasteiger partial charge in [-0.2, -0.15) is 0 Å². The Labute approximate surface area is 237 Å². The van der Waals surface area contributed by atoms with Crippen LogP contribution in [0, 0.1) is 0 Å². The van der Waals surface area contributed by atoms with Crippen molar-refractivity contribution >= 4 is 32.8 Å². The molecule has 0 aliphatic carbocycles. The van der Waals surface area contributed by atoms with Crippen LogP contribution in [0.1, 0.15) is 0 Å². The van der Waals surface area contributed by atoms with Gasteiger partial charge in [0.1, 0.15) is 0 Å². The van der Waals surface area contributed by atoms with E-state index in [1.807, 2.05) is 36.4 Å². The molecule has 8 aromatic rings. The predicted octanol–water partition coefficient (Wildman–Crippen LogP) is 9.93. The molecule has 3 nitrogen and oxygen atoms in total. The molecule has 0 fully saturated rings. The number of H-pyrrole nitrogens is 1. The minimum absolute atomic E-state index is 0.882. The van der Waals surface area contributed by atoms with Crippen LogP contribution in [0.15, 0.2) is 146 Å². The van der Waals surface area contributed by atoms with Crippen molar-refractivity contribution in [2.24, 2.45) is 0 Å². The molecular formula is C38H25N3. The van der Waals surface area contributed by atoms with Crippen LogP contribution in [0.3, 0.4) is 0 Å². The molecule has 0 saturated carbocycles. The molecule has 0 atom stereocenters. The zero-order valence-electron chi connectivity index (χ0n) is 22.3. The maximum atomic E-state index is 5.28. The molecule has 0 amide bonds. The van der Waals surface area contributed by atoms with E-state index in [1.54, 1.807) is 0 Å². The Morgan fingerprint density at radius 3 is 1.68 bits per heavy atom. The van der Waals surface area contributed by atoms with Gasteiger partial charge in [-0.1, -0.05) is 133 Å². The van der Waals surface area contributed by atoms with Crippen LogP contribution in [0.25, 0.3) is 77.6 Å². The summed E-state index contributed by atoms with van der Waals surface area (Å²) in [5.74, 6) is 0. The molecule has 0 unspecified atom stereocenters. The molecule has 3 heteroatoms. The highest BCUT2D eigenvalue weighted by Gasteiger charge is 2.16. The van der Waals surface area contributed by atoms with Crippen molar-refractivity contribution in [3.63, 3.8) is 0 Å². The van der Waals surface area contributed by atoms with Crippen LogP contribution >= 0.6 is 0 Å². The molecular weight excluding hydrogens is 498 g/mol. The van der Waals surface area contributed by atoms with Crippen molar-refractivity contribution in [1.82, 2.24) is 15.0 Å². The van der Waals surface area contributed by atoms with Crippen molar-refractivity contribution in [3.05, 3.63) is 146 Å². The fourth-order valence-electron chi connectivity index (χ4n) is 5.85. The van der Waals surface area contributed by atoms with E-state index in [2.05, 4.69) is 114 Å². The first-order chi connectivity index (χ1) is 20.3. The first-order valence-electron chi connectivity index (χ1n) is 13.9. The number of aromatic amines is 1. The van der Waals surface area contributed by atoms with Crippen molar-refractivity contribution in [2.45, 2.75) is 0 Å². The lowest BCUT2D eigenvalue weighted by molar-refractivity contribution is 1.29. The summed E-state index contributed by atoms with van der Waals surface area (Å²) < 4.78 is 0. The molecule has 1 N–H and O–H groups in total. The van der Waals surface area contributed by atoms with E-state index < -0.39 is 0 Å². The van der Waals surface area contributed by atoms with E-state index >= 15 is 0 Å². The number of nitrogens with zero attached hydrogens (tertiary/aromatic N) is 2. The van der Waals surface area contributed by atoms with Gasteiger partial charge in [0.2, 0.25) is 0 Å². The zero-order chi connectivity index (χ0) is 27.2. The molecule has 2 heterocycles. The number of para-hydroxylation sites is 3. The van der Waals surface area contributed by atoms with Gasteiger partial charge >= 0.3 is 0 Å². The van der Waals surface area contributed by atoms with Gasteiger partial charge in [0.15, 0.2) is 0 Å². The summed E-state index contributed by atoms with van der Waals surface area (Å²) in [5.41, 5.74) is 12.6. The minimum Gasteiger partial charge on any atom is -0.354 e. The predicted molar refractivity (Wildman–Crippen MR) is 171 cm³/mol. The second-order valence-corrected chi connectivity index (χ2v) is 10.3. The third kappa shape index (κ3) is 3.98. The largest absolute Gasteiger partial charge is 0.354 e. The standard InChI is InChI=1S/C38H25N3/c1-3-11-27(12-4-1)35-36(28-13-5-2-6-14-28)41-38-30(17-10-20-34(38)40-35)26-23-21-25(22-24-26)29-16-9-18-32-31-15-7-8-19-33(31)39-37(29)32/h1-24,39H. The van der Waals surface area contributed by atoms with Crippen molar-refractivity contribution in [3.8, 4) is 44.8 Å². The number of nitrogens with one attached hydrogen (secondary N) is 1. The number of hydrogen-bond acceptors (Lipinski definition) is 2. The molecule has 0 bridgehead atoms. The van der Waals surface area contributed by atoms with E-state index in [0.717, 1.165) is 50.2 Å². The molecule has 2 aromatic heterocycles. The van der Waals surface area contributed by atoms with Crippen LogP contribution < -0.4 is 0 Å².